The van der Waals surface area contributed by atoms with E-state index in [0.29, 0.717) is 5.92 Å². The smallest absolute Gasteiger partial charge is 0.0242 e. The molecule has 0 atom stereocenters. The summed E-state index contributed by atoms with van der Waals surface area (Å²) in [4.78, 5) is 0. The van der Waals surface area contributed by atoms with Gasteiger partial charge in [0.05, 0.1) is 0 Å². The molecule has 1 aromatic heterocycles. The molecule has 0 bridgehead atoms. The number of nitrogens with zero attached hydrogens (tertiary/aromatic N) is 1. The van der Waals surface area contributed by atoms with E-state index in [4.69, 9.17) is 0 Å². The van der Waals surface area contributed by atoms with Crippen molar-refractivity contribution in [1.29, 1.82) is 0 Å². The van der Waals surface area contributed by atoms with Crippen LogP contribution in [-0.4, -0.2) is 11.1 Å². The third-order valence-electron chi connectivity index (χ3n) is 2.27. The largest absolute Gasteiger partial charge is 0.354 e. The van der Waals surface area contributed by atoms with Crippen LogP contribution in [0, 0.1) is 11.8 Å². The normalized spacial score (nSPS) is 11.6. The van der Waals surface area contributed by atoms with Gasteiger partial charge >= 0.3 is 0 Å². The highest BCUT2D eigenvalue weighted by Gasteiger charge is 1.99. The van der Waals surface area contributed by atoms with Gasteiger partial charge in [0.2, 0.25) is 0 Å². The van der Waals surface area contributed by atoms with Gasteiger partial charge in [0.1, 0.15) is 0 Å². The Morgan fingerprint density at radius 3 is 2.53 bits per heavy atom. The van der Waals surface area contributed by atoms with Gasteiger partial charge in [-0.15, -0.1) is 0 Å². The van der Waals surface area contributed by atoms with Crippen LogP contribution in [0.1, 0.15) is 33.3 Å². The lowest BCUT2D eigenvalue weighted by Crippen LogP contribution is -2.18. The zero-order valence-corrected chi connectivity index (χ0v) is 10.5. The fourth-order valence-electron chi connectivity index (χ4n) is 1.64. The molecular formula is C13H24N2. The van der Waals surface area contributed by atoms with Gasteiger partial charge in [-0.1, -0.05) is 27.7 Å². The van der Waals surface area contributed by atoms with Gasteiger partial charge in [-0.2, -0.15) is 0 Å². The molecule has 0 aromatic carbocycles. The number of rotatable bonds is 6. The van der Waals surface area contributed by atoms with Crippen LogP contribution in [0.25, 0.3) is 0 Å². The number of hydrogen-bond donors (Lipinski definition) is 1. The lowest BCUT2D eigenvalue weighted by Gasteiger charge is -2.07. The molecule has 0 aliphatic carbocycles. The molecule has 1 aromatic rings. The summed E-state index contributed by atoms with van der Waals surface area (Å²) in [5.41, 5.74) is 1.39. The first-order valence-corrected chi connectivity index (χ1v) is 5.93. The first-order valence-electron chi connectivity index (χ1n) is 5.93. The monoisotopic (exact) mass is 208 g/mol. The van der Waals surface area contributed by atoms with E-state index in [-0.39, 0.29) is 0 Å². The molecule has 0 unspecified atom stereocenters. The van der Waals surface area contributed by atoms with E-state index in [1.54, 1.807) is 0 Å². The second-order valence-electron chi connectivity index (χ2n) is 5.14. The summed E-state index contributed by atoms with van der Waals surface area (Å²) >= 11 is 0. The van der Waals surface area contributed by atoms with Gasteiger partial charge in [-0.3, -0.25) is 0 Å². The van der Waals surface area contributed by atoms with E-state index in [0.717, 1.165) is 25.6 Å². The minimum Gasteiger partial charge on any atom is -0.354 e. The van der Waals surface area contributed by atoms with E-state index < -0.39 is 0 Å². The number of nitrogens with one attached hydrogen (secondary N) is 1. The Balaban J connectivity index is 2.33. The van der Waals surface area contributed by atoms with Crippen molar-refractivity contribution in [1.82, 2.24) is 9.88 Å². The topological polar surface area (TPSA) is 17.0 Å². The predicted molar refractivity (Wildman–Crippen MR) is 65.8 cm³/mol. The number of hydrogen-bond acceptors (Lipinski definition) is 1. The maximum Gasteiger partial charge on any atom is 0.0242 e. The molecule has 0 amide bonds. The third-order valence-corrected chi connectivity index (χ3v) is 2.27. The second-order valence-corrected chi connectivity index (χ2v) is 5.14. The predicted octanol–water partition coefficient (Wildman–Crippen LogP) is 2.89. The summed E-state index contributed by atoms with van der Waals surface area (Å²) in [6.45, 7) is 12.2. The summed E-state index contributed by atoms with van der Waals surface area (Å²) < 4.78 is 2.27. The van der Waals surface area contributed by atoms with Crippen LogP contribution in [0.15, 0.2) is 18.5 Å². The first-order chi connectivity index (χ1) is 7.08. The van der Waals surface area contributed by atoms with Crippen molar-refractivity contribution in [3.8, 4) is 0 Å². The molecule has 0 saturated heterocycles. The van der Waals surface area contributed by atoms with E-state index in [1.807, 2.05) is 0 Å². The molecular weight excluding hydrogens is 184 g/mol. The average Bonchev–Trinajstić information content (AvgIpc) is 2.50. The fourth-order valence-corrected chi connectivity index (χ4v) is 1.64. The fraction of sp³-hybridized carbons (Fsp3) is 0.692. The Bertz CT molecular complexity index is 274. The van der Waals surface area contributed by atoms with E-state index in [9.17, 15) is 0 Å². The molecule has 0 saturated carbocycles. The molecule has 2 nitrogen and oxygen atoms in total. The van der Waals surface area contributed by atoms with Gasteiger partial charge < -0.3 is 9.88 Å². The summed E-state index contributed by atoms with van der Waals surface area (Å²) in [5, 5.41) is 3.45. The highest BCUT2D eigenvalue weighted by atomic mass is 14.9. The lowest BCUT2D eigenvalue weighted by atomic mass is 10.2. The summed E-state index contributed by atoms with van der Waals surface area (Å²) in [6.07, 6.45) is 4.42. The Hall–Kier alpha value is -0.760. The van der Waals surface area contributed by atoms with Crippen LogP contribution in [-0.2, 0) is 13.1 Å². The molecule has 2 heteroatoms. The minimum atomic E-state index is 0.717. The standard InChI is InChI=1S/C13H24N2/c1-11(2)7-14-8-13-5-6-15(10-13)9-12(3)4/h5-6,10-12,14H,7-9H2,1-4H3. The maximum absolute atomic E-state index is 3.45. The molecule has 0 spiro atoms. The molecule has 0 aliphatic rings. The van der Waals surface area contributed by atoms with E-state index in [2.05, 4.69) is 56.0 Å². The second kappa shape index (κ2) is 5.96. The SMILES string of the molecule is CC(C)CNCc1ccn(CC(C)C)c1. The van der Waals surface area contributed by atoms with Crippen LogP contribution >= 0.6 is 0 Å². The first kappa shape index (κ1) is 12.3. The molecule has 1 N–H and O–H groups in total. The van der Waals surface area contributed by atoms with Crippen molar-refractivity contribution in [3.05, 3.63) is 24.0 Å². The zero-order chi connectivity index (χ0) is 11.3. The lowest BCUT2D eigenvalue weighted by molar-refractivity contribution is 0.522. The van der Waals surface area contributed by atoms with E-state index >= 15 is 0 Å². The van der Waals surface area contributed by atoms with Crippen molar-refractivity contribution in [2.75, 3.05) is 6.54 Å². The maximum atomic E-state index is 3.45. The van der Waals surface area contributed by atoms with Crippen LogP contribution in [0.3, 0.4) is 0 Å². The van der Waals surface area contributed by atoms with Gasteiger partial charge in [-0.25, -0.2) is 0 Å². The minimum absolute atomic E-state index is 0.717. The quantitative estimate of drug-likeness (QED) is 0.760. The Kier molecular flexibility index (Phi) is 4.89. The van der Waals surface area contributed by atoms with Gasteiger partial charge in [-0.05, 0) is 30.0 Å². The third kappa shape index (κ3) is 5.03. The Labute approximate surface area is 93.7 Å². The molecule has 0 aliphatic heterocycles. The van der Waals surface area contributed by atoms with Crippen LogP contribution < -0.4 is 5.32 Å². The van der Waals surface area contributed by atoms with Gasteiger partial charge in [0.25, 0.3) is 0 Å². The molecule has 1 rings (SSSR count). The van der Waals surface area contributed by atoms with Crippen molar-refractivity contribution < 1.29 is 0 Å². The van der Waals surface area contributed by atoms with Crippen molar-refractivity contribution in [2.24, 2.45) is 11.8 Å². The molecule has 1 heterocycles. The van der Waals surface area contributed by atoms with Crippen molar-refractivity contribution >= 4 is 0 Å². The number of aromatic nitrogens is 1. The zero-order valence-electron chi connectivity index (χ0n) is 10.5. The summed E-state index contributed by atoms with van der Waals surface area (Å²) in [7, 11) is 0. The average molecular weight is 208 g/mol. The van der Waals surface area contributed by atoms with Crippen LogP contribution in [0.5, 0.6) is 0 Å². The highest BCUT2D eigenvalue weighted by molar-refractivity contribution is 5.09. The molecule has 15 heavy (non-hydrogen) atoms. The Morgan fingerprint density at radius 2 is 1.93 bits per heavy atom. The summed E-state index contributed by atoms with van der Waals surface area (Å²) in [6, 6.07) is 2.20. The van der Waals surface area contributed by atoms with Crippen molar-refractivity contribution in [2.45, 2.75) is 40.8 Å². The van der Waals surface area contributed by atoms with Crippen LogP contribution in [0.4, 0.5) is 0 Å². The summed E-state index contributed by atoms with van der Waals surface area (Å²) in [5.74, 6) is 1.44. The van der Waals surface area contributed by atoms with Gasteiger partial charge in [0.15, 0.2) is 0 Å². The highest BCUT2D eigenvalue weighted by Crippen LogP contribution is 2.05. The van der Waals surface area contributed by atoms with Crippen LogP contribution in [0.2, 0.25) is 0 Å². The molecule has 0 fully saturated rings. The molecule has 86 valence electrons. The van der Waals surface area contributed by atoms with Crippen molar-refractivity contribution in [3.63, 3.8) is 0 Å². The Morgan fingerprint density at radius 1 is 1.20 bits per heavy atom. The van der Waals surface area contributed by atoms with E-state index in [1.165, 1.54) is 5.56 Å². The molecule has 0 radical (unpaired) electrons. The van der Waals surface area contributed by atoms with Gasteiger partial charge in [0, 0.05) is 25.5 Å².